The van der Waals surface area contributed by atoms with Gasteiger partial charge in [0.05, 0.1) is 0 Å². The van der Waals surface area contributed by atoms with Crippen molar-refractivity contribution < 1.29 is 19.1 Å². The van der Waals surface area contributed by atoms with Crippen molar-refractivity contribution in [3.05, 3.63) is 34.1 Å². The third-order valence-electron chi connectivity index (χ3n) is 5.08. The number of fused-ring (bicyclic) bond motifs is 1. The minimum atomic E-state index is -0.903. The van der Waals surface area contributed by atoms with E-state index in [1.807, 2.05) is 0 Å². The number of benzene rings is 1. The van der Waals surface area contributed by atoms with Gasteiger partial charge in [0.15, 0.2) is 0 Å². The molecule has 4 nitrogen and oxygen atoms in total. The molecule has 2 fully saturated rings. The van der Waals surface area contributed by atoms with Gasteiger partial charge in [-0.25, -0.2) is 9.18 Å². The van der Waals surface area contributed by atoms with Crippen LogP contribution in [0.2, 0.25) is 0 Å². The van der Waals surface area contributed by atoms with E-state index in [-0.39, 0.29) is 24.1 Å². The van der Waals surface area contributed by atoms with Gasteiger partial charge < -0.3 is 10.0 Å². The Morgan fingerprint density at radius 1 is 1.35 bits per heavy atom. The van der Waals surface area contributed by atoms with Crippen LogP contribution in [0.4, 0.5) is 4.39 Å². The zero-order valence-corrected chi connectivity index (χ0v) is 14.3. The fourth-order valence-corrected chi connectivity index (χ4v) is 4.44. The molecule has 1 aromatic rings. The van der Waals surface area contributed by atoms with Gasteiger partial charge in [0.25, 0.3) is 0 Å². The van der Waals surface area contributed by atoms with Gasteiger partial charge in [-0.3, -0.25) is 4.79 Å². The molecule has 1 aromatic carbocycles. The highest BCUT2D eigenvalue weighted by atomic mass is 79.9. The number of halogens is 2. The van der Waals surface area contributed by atoms with Gasteiger partial charge in [-0.15, -0.1) is 0 Å². The van der Waals surface area contributed by atoms with E-state index in [0.29, 0.717) is 18.9 Å². The molecule has 2 aliphatic rings. The molecule has 6 heteroatoms. The Hall–Kier alpha value is -1.43. The molecule has 23 heavy (non-hydrogen) atoms. The highest BCUT2D eigenvalue weighted by Gasteiger charge is 2.49. The quantitative estimate of drug-likeness (QED) is 0.867. The van der Waals surface area contributed by atoms with Crippen LogP contribution in [0.15, 0.2) is 22.7 Å². The molecule has 1 aliphatic carbocycles. The Balaban J connectivity index is 1.68. The van der Waals surface area contributed by atoms with Crippen molar-refractivity contribution in [2.24, 2.45) is 11.8 Å². The molecule has 1 saturated heterocycles. The summed E-state index contributed by atoms with van der Waals surface area (Å²) in [5.74, 6) is -0.976. The number of hydrogen-bond donors (Lipinski definition) is 1. The molecule has 1 N–H and O–H groups in total. The van der Waals surface area contributed by atoms with E-state index in [4.69, 9.17) is 0 Å². The van der Waals surface area contributed by atoms with E-state index < -0.39 is 12.0 Å². The van der Waals surface area contributed by atoms with E-state index in [1.54, 1.807) is 6.07 Å². The maximum Gasteiger partial charge on any atom is 0.326 e. The number of carbonyl (C=O) groups excluding carboxylic acids is 1. The third-order valence-corrected chi connectivity index (χ3v) is 5.85. The van der Waals surface area contributed by atoms with Crippen LogP contribution in [0.3, 0.4) is 0 Å². The van der Waals surface area contributed by atoms with E-state index in [9.17, 15) is 19.1 Å². The predicted octanol–water partition coefficient (Wildman–Crippen LogP) is 3.23. The number of carboxylic acids is 1. The van der Waals surface area contributed by atoms with Crippen LogP contribution < -0.4 is 0 Å². The first kappa shape index (κ1) is 16.4. The van der Waals surface area contributed by atoms with Crippen molar-refractivity contribution in [2.75, 3.05) is 6.54 Å². The number of carbonyl (C=O) groups is 2. The average Bonchev–Trinajstić information content (AvgIpc) is 3.07. The molecule has 0 radical (unpaired) electrons. The smallest absolute Gasteiger partial charge is 0.326 e. The van der Waals surface area contributed by atoms with E-state index in [1.165, 1.54) is 17.0 Å². The summed E-state index contributed by atoms with van der Waals surface area (Å²) in [5, 5.41) is 9.49. The number of amides is 1. The van der Waals surface area contributed by atoms with Crippen molar-refractivity contribution in [1.82, 2.24) is 4.90 Å². The lowest BCUT2D eigenvalue weighted by molar-refractivity contribution is -0.149. The molecule has 1 heterocycles. The minimum Gasteiger partial charge on any atom is -0.480 e. The summed E-state index contributed by atoms with van der Waals surface area (Å²) in [6.45, 7) is 0.546. The van der Waals surface area contributed by atoms with Crippen LogP contribution in [0.1, 0.15) is 31.2 Å². The van der Waals surface area contributed by atoms with Crippen LogP contribution in [-0.2, 0) is 16.0 Å². The SMILES string of the molecule is O=C(O)C1C2CCCC2CN1C(=O)CCc1cc(F)ccc1Br. The molecule has 3 unspecified atom stereocenters. The van der Waals surface area contributed by atoms with Crippen molar-refractivity contribution in [3.63, 3.8) is 0 Å². The second-order valence-corrected chi connectivity index (χ2v) is 7.27. The molecule has 1 aliphatic heterocycles. The first-order chi connectivity index (χ1) is 11.0. The van der Waals surface area contributed by atoms with E-state index in [0.717, 1.165) is 29.3 Å². The summed E-state index contributed by atoms with van der Waals surface area (Å²) in [7, 11) is 0. The predicted molar refractivity (Wildman–Crippen MR) is 86.4 cm³/mol. The van der Waals surface area contributed by atoms with Gasteiger partial charge in [0.2, 0.25) is 5.91 Å². The monoisotopic (exact) mass is 383 g/mol. The number of aryl methyl sites for hydroxylation is 1. The summed E-state index contributed by atoms with van der Waals surface area (Å²) < 4.78 is 14.1. The molecular formula is C17H19BrFNO3. The van der Waals surface area contributed by atoms with Gasteiger partial charge in [-0.2, -0.15) is 0 Å². The maximum atomic E-state index is 13.3. The van der Waals surface area contributed by atoms with E-state index in [2.05, 4.69) is 15.9 Å². The van der Waals surface area contributed by atoms with Crippen molar-refractivity contribution in [2.45, 2.75) is 38.1 Å². The Kier molecular flexibility index (Phi) is 4.71. The average molecular weight is 384 g/mol. The van der Waals surface area contributed by atoms with Gasteiger partial charge in [0.1, 0.15) is 11.9 Å². The lowest BCUT2D eigenvalue weighted by atomic mass is 9.94. The number of carboxylic acid groups (broad SMARTS) is 1. The number of hydrogen-bond acceptors (Lipinski definition) is 2. The van der Waals surface area contributed by atoms with E-state index >= 15 is 0 Å². The Morgan fingerprint density at radius 2 is 2.13 bits per heavy atom. The summed E-state index contributed by atoms with van der Waals surface area (Å²) in [6, 6.07) is 3.70. The van der Waals surface area contributed by atoms with Crippen molar-refractivity contribution >= 4 is 27.8 Å². The van der Waals surface area contributed by atoms with Crippen LogP contribution in [0.25, 0.3) is 0 Å². The lowest BCUT2D eigenvalue weighted by Gasteiger charge is -2.24. The Labute approximate surface area is 142 Å². The summed E-state index contributed by atoms with van der Waals surface area (Å²) in [5.41, 5.74) is 0.726. The number of likely N-dealkylation sites (tertiary alicyclic amines) is 1. The van der Waals surface area contributed by atoms with Crippen molar-refractivity contribution in [1.29, 1.82) is 0 Å². The Morgan fingerprint density at radius 3 is 2.87 bits per heavy atom. The van der Waals surface area contributed by atoms with Gasteiger partial charge in [-0.05, 0) is 54.9 Å². The number of aliphatic carboxylic acids is 1. The maximum absolute atomic E-state index is 13.3. The fourth-order valence-electron chi connectivity index (χ4n) is 4.00. The molecule has 0 bridgehead atoms. The summed E-state index contributed by atoms with van der Waals surface area (Å²) in [4.78, 5) is 25.6. The zero-order valence-electron chi connectivity index (χ0n) is 12.7. The van der Waals surface area contributed by atoms with Crippen LogP contribution in [0.5, 0.6) is 0 Å². The van der Waals surface area contributed by atoms with Crippen molar-refractivity contribution in [3.8, 4) is 0 Å². The molecule has 0 aromatic heterocycles. The van der Waals surface area contributed by atoms with Gasteiger partial charge in [-0.1, -0.05) is 22.4 Å². The zero-order chi connectivity index (χ0) is 16.6. The highest BCUT2D eigenvalue weighted by Crippen LogP contribution is 2.42. The molecule has 0 spiro atoms. The van der Waals surface area contributed by atoms with Crippen LogP contribution in [0, 0.1) is 17.7 Å². The molecule has 1 saturated carbocycles. The molecule has 124 valence electrons. The molecular weight excluding hydrogens is 365 g/mol. The lowest BCUT2D eigenvalue weighted by Crippen LogP contribution is -2.43. The Bertz CT molecular complexity index is 636. The number of rotatable bonds is 4. The molecule has 1 amide bonds. The molecule has 3 atom stereocenters. The van der Waals surface area contributed by atoms with Gasteiger partial charge in [0, 0.05) is 17.4 Å². The number of nitrogens with zero attached hydrogens (tertiary/aromatic N) is 1. The first-order valence-corrected chi connectivity index (χ1v) is 8.73. The summed E-state index contributed by atoms with van der Waals surface area (Å²) >= 11 is 3.35. The second kappa shape index (κ2) is 6.59. The molecule has 3 rings (SSSR count). The third kappa shape index (κ3) is 3.27. The topological polar surface area (TPSA) is 57.6 Å². The standard InChI is InChI=1S/C17H19BrFNO3/c18-14-6-5-12(19)8-10(14)4-7-15(21)20-9-11-2-1-3-13(11)16(20)17(22)23/h5-6,8,11,13,16H,1-4,7,9H2,(H,22,23). The van der Waals surface area contributed by atoms with Gasteiger partial charge >= 0.3 is 5.97 Å². The highest BCUT2D eigenvalue weighted by molar-refractivity contribution is 9.10. The van der Waals surface area contributed by atoms with Crippen LogP contribution >= 0.6 is 15.9 Å². The fraction of sp³-hybridized carbons (Fsp3) is 0.529. The second-order valence-electron chi connectivity index (χ2n) is 6.42. The summed E-state index contributed by atoms with van der Waals surface area (Å²) in [6.07, 6.45) is 3.55. The van der Waals surface area contributed by atoms with Crippen LogP contribution in [-0.4, -0.2) is 34.5 Å². The minimum absolute atomic E-state index is 0.0948. The largest absolute Gasteiger partial charge is 0.480 e. The normalized spacial score (nSPS) is 26.3. The first-order valence-electron chi connectivity index (χ1n) is 7.93.